The molecule has 170 valence electrons. The van der Waals surface area contributed by atoms with Crippen molar-refractivity contribution in [3.05, 3.63) is 53.7 Å². The first kappa shape index (κ1) is 22.3. The van der Waals surface area contributed by atoms with E-state index in [0.717, 1.165) is 17.3 Å². The Kier molecular flexibility index (Phi) is 5.30. The van der Waals surface area contributed by atoms with Crippen molar-refractivity contribution < 1.29 is 22.3 Å². The maximum Gasteiger partial charge on any atom is 0.399 e. The summed E-state index contributed by atoms with van der Waals surface area (Å²) in [4.78, 5) is 11.0. The van der Waals surface area contributed by atoms with Crippen LogP contribution in [0.3, 0.4) is 0 Å². The second-order valence-electron chi connectivity index (χ2n) is 9.61. The number of aromatic amines is 1. The Morgan fingerprint density at radius 1 is 1.03 bits per heavy atom. The summed E-state index contributed by atoms with van der Waals surface area (Å²) >= 11 is 0. The molecule has 1 saturated carbocycles. The molecule has 1 aromatic carbocycles. The quantitative estimate of drug-likeness (QED) is 0.448. The number of halogens is 4. The Hall–Kier alpha value is -2.90. The van der Waals surface area contributed by atoms with Gasteiger partial charge in [-0.1, -0.05) is 26.8 Å². The number of ether oxygens (including phenoxy) is 1. The number of aryl methyl sites for hydroxylation is 1. The summed E-state index contributed by atoms with van der Waals surface area (Å²) < 4.78 is 60.7. The zero-order chi connectivity index (χ0) is 23.3. The standard InChI is InChI=1S/C24H25F4N3O/c1-14-9-20(32-13-22(2,3)4)29-11-17(14)15-5-6-16(18(25)10-15)21-30-12-19(31-21)23(7-8-23)24(26,27)28/h5-6,9-12H,7-8,13H2,1-4H3,(H,30,31). The number of aromatic nitrogens is 3. The van der Waals surface area contributed by atoms with Gasteiger partial charge in [0.1, 0.15) is 17.1 Å². The van der Waals surface area contributed by atoms with Crippen molar-refractivity contribution >= 4 is 0 Å². The molecule has 1 aliphatic carbocycles. The van der Waals surface area contributed by atoms with Gasteiger partial charge in [0.15, 0.2) is 0 Å². The molecule has 2 aromatic heterocycles. The second-order valence-corrected chi connectivity index (χ2v) is 9.61. The van der Waals surface area contributed by atoms with E-state index in [9.17, 15) is 17.6 Å². The van der Waals surface area contributed by atoms with Crippen LogP contribution in [0.15, 0.2) is 36.7 Å². The fraction of sp³-hybridized carbons (Fsp3) is 0.417. The number of nitrogens with zero attached hydrogens (tertiary/aromatic N) is 2. The number of H-pyrrole nitrogens is 1. The van der Waals surface area contributed by atoms with Gasteiger partial charge in [0.25, 0.3) is 0 Å². The van der Waals surface area contributed by atoms with E-state index < -0.39 is 17.4 Å². The molecule has 0 bridgehead atoms. The first-order valence-corrected chi connectivity index (χ1v) is 10.4. The van der Waals surface area contributed by atoms with Crippen LogP contribution >= 0.6 is 0 Å². The third-order valence-electron chi connectivity index (χ3n) is 5.66. The predicted octanol–water partition coefficient (Wildman–Crippen LogP) is 6.61. The molecular formula is C24H25F4N3O. The highest BCUT2D eigenvalue weighted by Crippen LogP contribution is 2.58. The van der Waals surface area contributed by atoms with E-state index >= 15 is 0 Å². The third-order valence-corrected chi connectivity index (χ3v) is 5.66. The summed E-state index contributed by atoms with van der Waals surface area (Å²) in [5.41, 5.74) is 0.444. The second kappa shape index (κ2) is 7.60. The first-order chi connectivity index (χ1) is 14.9. The van der Waals surface area contributed by atoms with Crippen molar-refractivity contribution in [2.75, 3.05) is 6.61 Å². The van der Waals surface area contributed by atoms with Crippen molar-refractivity contribution in [2.45, 2.75) is 52.1 Å². The number of benzene rings is 1. The number of hydrogen-bond donors (Lipinski definition) is 1. The molecule has 1 fully saturated rings. The topological polar surface area (TPSA) is 50.8 Å². The van der Waals surface area contributed by atoms with Crippen LogP contribution in [-0.2, 0) is 5.41 Å². The van der Waals surface area contributed by atoms with E-state index in [1.54, 1.807) is 18.3 Å². The van der Waals surface area contributed by atoms with E-state index in [1.807, 2.05) is 6.92 Å². The highest BCUT2D eigenvalue weighted by molar-refractivity contribution is 5.70. The summed E-state index contributed by atoms with van der Waals surface area (Å²) in [6, 6.07) is 6.37. The Labute approximate surface area is 184 Å². The third kappa shape index (κ3) is 4.23. The van der Waals surface area contributed by atoms with E-state index in [2.05, 4.69) is 35.7 Å². The van der Waals surface area contributed by atoms with Crippen molar-refractivity contribution in [2.24, 2.45) is 5.41 Å². The minimum Gasteiger partial charge on any atom is -0.477 e. The molecule has 4 rings (SSSR count). The molecule has 1 N–H and O–H groups in total. The van der Waals surface area contributed by atoms with Gasteiger partial charge in [-0.05, 0) is 48.4 Å². The van der Waals surface area contributed by atoms with Crippen LogP contribution in [-0.4, -0.2) is 27.7 Å². The zero-order valence-electron chi connectivity index (χ0n) is 18.4. The van der Waals surface area contributed by atoms with Gasteiger partial charge in [-0.2, -0.15) is 13.2 Å². The number of rotatable bonds is 5. The molecule has 2 heterocycles. The van der Waals surface area contributed by atoms with Crippen LogP contribution in [0.2, 0.25) is 0 Å². The SMILES string of the molecule is Cc1cc(OCC(C)(C)C)ncc1-c1ccc(-c2ncc(C3(C(F)(F)F)CC3)[nH]2)c(F)c1. The highest BCUT2D eigenvalue weighted by Gasteiger charge is 2.65. The van der Waals surface area contributed by atoms with Crippen LogP contribution in [0.5, 0.6) is 5.88 Å². The van der Waals surface area contributed by atoms with Crippen LogP contribution in [0.1, 0.15) is 44.9 Å². The lowest BCUT2D eigenvalue weighted by molar-refractivity contribution is -0.161. The van der Waals surface area contributed by atoms with Gasteiger partial charge in [-0.3, -0.25) is 0 Å². The minimum atomic E-state index is -4.35. The van der Waals surface area contributed by atoms with E-state index in [-0.39, 0.29) is 35.3 Å². The summed E-state index contributed by atoms with van der Waals surface area (Å²) in [5, 5.41) is 0. The van der Waals surface area contributed by atoms with Gasteiger partial charge in [-0.15, -0.1) is 0 Å². The largest absolute Gasteiger partial charge is 0.477 e. The van der Waals surface area contributed by atoms with Gasteiger partial charge in [-0.25, -0.2) is 14.4 Å². The Morgan fingerprint density at radius 3 is 2.31 bits per heavy atom. The Morgan fingerprint density at radius 2 is 1.75 bits per heavy atom. The molecule has 8 heteroatoms. The molecule has 0 saturated heterocycles. The molecule has 0 aliphatic heterocycles. The molecule has 1 aliphatic rings. The molecule has 0 radical (unpaired) electrons. The predicted molar refractivity (Wildman–Crippen MR) is 114 cm³/mol. The monoisotopic (exact) mass is 447 g/mol. The smallest absolute Gasteiger partial charge is 0.399 e. The zero-order valence-corrected chi connectivity index (χ0v) is 18.4. The molecule has 4 nitrogen and oxygen atoms in total. The number of imidazole rings is 1. The molecule has 0 amide bonds. The Balaban J connectivity index is 1.57. The molecule has 3 aromatic rings. The molecular weight excluding hydrogens is 422 g/mol. The van der Waals surface area contributed by atoms with E-state index in [4.69, 9.17) is 4.74 Å². The van der Waals surface area contributed by atoms with Gasteiger partial charge >= 0.3 is 6.18 Å². The number of alkyl halides is 3. The van der Waals surface area contributed by atoms with Gasteiger partial charge < -0.3 is 9.72 Å². The van der Waals surface area contributed by atoms with Crippen LogP contribution in [0.25, 0.3) is 22.5 Å². The van der Waals surface area contributed by atoms with Crippen molar-refractivity contribution in [1.82, 2.24) is 15.0 Å². The number of nitrogens with one attached hydrogen (secondary N) is 1. The van der Waals surface area contributed by atoms with E-state index in [1.165, 1.54) is 12.1 Å². The van der Waals surface area contributed by atoms with Gasteiger partial charge in [0, 0.05) is 24.0 Å². The molecule has 0 spiro atoms. The van der Waals surface area contributed by atoms with Crippen molar-refractivity contribution in [3.63, 3.8) is 0 Å². The normalized spacial score (nSPS) is 15.6. The van der Waals surface area contributed by atoms with E-state index in [0.29, 0.717) is 18.1 Å². The Bertz CT molecular complexity index is 1140. The molecule has 0 atom stereocenters. The van der Waals surface area contributed by atoms with Crippen LogP contribution in [0.4, 0.5) is 17.6 Å². The highest BCUT2D eigenvalue weighted by atomic mass is 19.4. The summed E-state index contributed by atoms with van der Waals surface area (Å²) in [6.07, 6.45) is -1.53. The van der Waals surface area contributed by atoms with Crippen molar-refractivity contribution in [1.29, 1.82) is 0 Å². The molecule has 32 heavy (non-hydrogen) atoms. The summed E-state index contributed by atoms with van der Waals surface area (Å²) in [7, 11) is 0. The maximum absolute atomic E-state index is 14.9. The minimum absolute atomic E-state index is 0.00180. The fourth-order valence-corrected chi connectivity index (χ4v) is 3.61. The lowest BCUT2D eigenvalue weighted by Gasteiger charge is -2.18. The van der Waals surface area contributed by atoms with Gasteiger partial charge in [0.05, 0.1) is 17.9 Å². The summed E-state index contributed by atoms with van der Waals surface area (Å²) in [5.74, 6) is 0.00752. The van der Waals surface area contributed by atoms with Crippen molar-refractivity contribution in [3.8, 4) is 28.4 Å². The van der Waals surface area contributed by atoms with Crippen LogP contribution < -0.4 is 4.74 Å². The lowest BCUT2D eigenvalue weighted by atomic mass is 9.98. The average molecular weight is 447 g/mol. The number of hydrogen-bond acceptors (Lipinski definition) is 3. The molecule has 0 unspecified atom stereocenters. The average Bonchev–Trinajstić information content (AvgIpc) is 3.38. The lowest BCUT2D eigenvalue weighted by Crippen LogP contribution is -2.28. The summed E-state index contributed by atoms with van der Waals surface area (Å²) in [6.45, 7) is 8.59. The van der Waals surface area contributed by atoms with Gasteiger partial charge in [0.2, 0.25) is 5.88 Å². The van der Waals surface area contributed by atoms with Crippen LogP contribution in [0, 0.1) is 18.2 Å². The fourth-order valence-electron chi connectivity index (χ4n) is 3.61. The number of pyridine rings is 1. The maximum atomic E-state index is 14.9. The first-order valence-electron chi connectivity index (χ1n) is 10.4.